The fourth-order valence-corrected chi connectivity index (χ4v) is 5.07. The lowest BCUT2D eigenvalue weighted by Gasteiger charge is -2.30. The summed E-state index contributed by atoms with van der Waals surface area (Å²) in [6.45, 7) is 0.0347. The Morgan fingerprint density at radius 2 is 1.68 bits per heavy atom. The number of anilines is 1. The Labute approximate surface area is 192 Å². The van der Waals surface area contributed by atoms with E-state index < -0.39 is 21.8 Å². The van der Waals surface area contributed by atoms with E-state index in [4.69, 9.17) is 4.74 Å². The molecule has 174 valence electrons. The predicted molar refractivity (Wildman–Crippen MR) is 119 cm³/mol. The van der Waals surface area contributed by atoms with Crippen LogP contribution in [0.4, 0.5) is 18.9 Å². The first kappa shape index (κ1) is 22.0. The number of fused-ring (bicyclic) bond motifs is 1. The van der Waals surface area contributed by atoms with Crippen LogP contribution in [0.25, 0.3) is 22.6 Å². The zero-order chi connectivity index (χ0) is 23.9. The molecule has 0 atom stereocenters. The third-order valence-electron chi connectivity index (χ3n) is 5.34. The van der Waals surface area contributed by atoms with Crippen LogP contribution in [0.15, 0.2) is 78.0 Å². The second-order valence-corrected chi connectivity index (χ2v) is 9.37. The molecule has 34 heavy (non-hydrogen) atoms. The van der Waals surface area contributed by atoms with Gasteiger partial charge in [-0.15, -0.1) is 0 Å². The quantitative estimate of drug-likeness (QED) is 0.450. The Bertz CT molecular complexity index is 1440. The second-order valence-electron chi connectivity index (χ2n) is 7.51. The van der Waals surface area contributed by atoms with E-state index in [2.05, 4.69) is 15.0 Å². The lowest BCUT2D eigenvalue weighted by atomic mass is 10.2. The molecule has 1 N–H and O–H groups in total. The Hall–Kier alpha value is -3.86. The fraction of sp³-hybridized carbons (Fsp3) is 0.130. The number of alkyl halides is 3. The molecular formula is C23H17F3N4O3S. The number of nitrogens with one attached hydrogen (secondary N) is 1. The predicted octanol–water partition coefficient (Wildman–Crippen LogP) is 4.75. The van der Waals surface area contributed by atoms with Crippen molar-refractivity contribution in [2.45, 2.75) is 11.1 Å². The highest BCUT2D eigenvalue weighted by molar-refractivity contribution is 7.92. The first-order valence-corrected chi connectivity index (χ1v) is 11.6. The summed E-state index contributed by atoms with van der Waals surface area (Å²) in [5.74, 6) is 0.590. The molecule has 0 unspecified atom stereocenters. The van der Waals surface area contributed by atoms with Crippen LogP contribution >= 0.6 is 0 Å². The van der Waals surface area contributed by atoms with Gasteiger partial charge in [-0.2, -0.15) is 13.2 Å². The van der Waals surface area contributed by atoms with Crippen molar-refractivity contribution in [3.05, 3.63) is 78.6 Å². The van der Waals surface area contributed by atoms with Crippen molar-refractivity contribution in [3.8, 4) is 28.5 Å². The monoisotopic (exact) mass is 486 g/mol. The Balaban J connectivity index is 1.50. The van der Waals surface area contributed by atoms with Crippen LogP contribution in [0, 0.1) is 0 Å². The van der Waals surface area contributed by atoms with Crippen LogP contribution in [0.1, 0.15) is 5.56 Å². The second kappa shape index (κ2) is 8.17. The van der Waals surface area contributed by atoms with Gasteiger partial charge >= 0.3 is 6.18 Å². The number of benzene rings is 2. The van der Waals surface area contributed by atoms with Crippen LogP contribution in [0.2, 0.25) is 0 Å². The Morgan fingerprint density at radius 3 is 2.38 bits per heavy atom. The smallest absolute Gasteiger partial charge is 0.416 e. The summed E-state index contributed by atoms with van der Waals surface area (Å²) in [6.07, 6.45) is -1.38. The van der Waals surface area contributed by atoms with Crippen molar-refractivity contribution in [1.82, 2.24) is 15.0 Å². The molecule has 0 amide bonds. The van der Waals surface area contributed by atoms with E-state index >= 15 is 0 Å². The molecule has 2 aromatic carbocycles. The molecule has 11 heteroatoms. The highest BCUT2D eigenvalue weighted by atomic mass is 32.2. The molecule has 2 aromatic heterocycles. The average molecular weight is 486 g/mol. The van der Waals surface area contributed by atoms with Crippen LogP contribution in [0.5, 0.6) is 5.88 Å². The van der Waals surface area contributed by atoms with Gasteiger partial charge in [0.1, 0.15) is 18.1 Å². The SMILES string of the molecule is O=S(=O)(c1ccc(C(F)(F)F)cc1)N1CCOc2ncc(-c3ncc(-c4ccccc4)[nH]3)cc21. The maximum absolute atomic E-state index is 13.3. The number of sulfonamides is 1. The van der Waals surface area contributed by atoms with Crippen molar-refractivity contribution < 1.29 is 26.3 Å². The Morgan fingerprint density at radius 1 is 0.941 bits per heavy atom. The third-order valence-corrected chi connectivity index (χ3v) is 7.17. The van der Waals surface area contributed by atoms with Gasteiger partial charge in [0.15, 0.2) is 0 Å². The lowest BCUT2D eigenvalue weighted by molar-refractivity contribution is -0.137. The molecule has 0 bridgehead atoms. The number of aromatic amines is 1. The number of imidazole rings is 1. The number of nitrogens with zero attached hydrogens (tertiary/aromatic N) is 3. The fourth-order valence-electron chi connectivity index (χ4n) is 3.63. The highest BCUT2D eigenvalue weighted by Crippen LogP contribution is 2.37. The van der Waals surface area contributed by atoms with E-state index in [1.165, 1.54) is 6.20 Å². The highest BCUT2D eigenvalue weighted by Gasteiger charge is 2.34. The minimum absolute atomic E-state index is 0.0189. The molecule has 5 rings (SSSR count). The topological polar surface area (TPSA) is 88.2 Å². The van der Waals surface area contributed by atoms with E-state index in [0.29, 0.717) is 11.4 Å². The van der Waals surface area contributed by atoms with Gasteiger partial charge < -0.3 is 9.72 Å². The molecule has 7 nitrogen and oxygen atoms in total. The molecule has 0 saturated heterocycles. The summed E-state index contributed by atoms with van der Waals surface area (Å²) < 4.78 is 71.8. The van der Waals surface area contributed by atoms with E-state index in [-0.39, 0.29) is 29.6 Å². The molecule has 0 aliphatic carbocycles. The summed E-state index contributed by atoms with van der Waals surface area (Å²) in [6, 6.07) is 14.5. The summed E-state index contributed by atoms with van der Waals surface area (Å²) in [4.78, 5) is 11.6. The van der Waals surface area contributed by atoms with E-state index in [1.807, 2.05) is 30.3 Å². The maximum Gasteiger partial charge on any atom is 0.416 e. The van der Waals surface area contributed by atoms with Gasteiger partial charge in [-0.25, -0.2) is 18.4 Å². The van der Waals surface area contributed by atoms with Gasteiger partial charge in [0.05, 0.1) is 28.9 Å². The Kier molecular flexibility index (Phi) is 5.28. The van der Waals surface area contributed by atoms with Crippen LogP contribution in [0.3, 0.4) is 0 Å². The van der Waals surface area contributed by atoms with Gasteiger partial charge in [0, 0.05) is 11.8 Å². The van der Waals surface area contributed by atoms with Crippen molar-refractivity contribution in [2.24, 2.45) is 0 Å². The van der Waals surface area contributed by atoms with Crippen molar-refractivity contribution in [3.63, 3.8) is 0 Å². The van der Waals surface area contributed by atoms with Gasteiger partial charge in [-0.1, -0.05) is 30.3 Å². The first-order chi connectivity index (χ1) is 16.2. The zero-order valence-electron chi connectivity index (χ0n) is 17.5. The number of hydrogen-bond donors (Lipinski definition) is 1. The van der Waals surface area contributed by atoms with Crippen molar-refractivity contribution >= 4 is 15.7 Å². The minimum atomic E-state index is -4.56. The number of pyridine rings is 1. The van der Waals surface area contributed by atoms with Gasteiger partial charge in [0.25, 0.3) is 10.0 Å². The zero-order valence-corrected chi connectivity index (χ0v) is 18.3. The number of H-pyrrole nitrogens is 1. The van der Waals surface area contributed by atoms with E-state index in [9.17, 15) is 21.6 Å². The summed E-state index contributed by atoms with van der Waals surface area (Å²) >= 11 is 0. The minimum Gasteiger partial charge on any atom is -0.474 e. The van der Waals surface area contributed by atoms with Crippen molar-refractivity contribution in [1.29, 1.82) is 0 Å². The molecule has 4 aromatic rings. The van der Waals surface area contributed by atoms with Crippen LogP contribution < -0.4 is 9.04 Å². The third kappa shape index (κ3) is 3.98. The molecule has 0 radical (unpaired) electrons. The number of rotatable bonds is 4. The number of ether oxygens (including phenoxy) is 1. The summed E-state index contributed by atoms with van der Waals surface area (Å²) in [5.41, 5.74) is 1.49. The van der Waals surface area contributed by atoms with E-state index in [0.717, 1.165) is 39.8 Å². The standard InChI is InChI=1S/C23H17F3N4O3S/c24-23(25,26)17-6-8-18(9-7-17)34(31,32)30-10-11-33-22-20(30)12-16(13-28-22)21-27-14-19(29-21)15-4-2-1-3-5-15/h1-9,12-14H,10-11H2,(H,27,29). The summed E-state index contributed by atoms with van der Waals surface area (Å²) in [7, 11) is -4.16. The van der Waals surface area contributed by atoms with Crippen molar-refractivity contribution in [2.75, 3.05) is 17.5 Å². The van der Waals surface area contributed by atoms with Gasteiger partial charge in [-0.3, -0.25) is 4.31 Å². The number of aromatic nitrogens is 3. The molecule has 0 saturated carbocycles. The summed E-state index contributed by atoms with van der Waals surface area (Å²) in [5, 5.41) is 0. The largest absolute Gasteiger partial charge is 0.474 e. The maximum atomic E-state index is 13.3. The number of hydrogen-bond acceptors (Lipinski definition) is 5. The molecule has 1 aliphatic rings. The normalized spacial score (nSPS) is 13.9. The van der Waals surface area contributed by atoms with E-state index in [1.54, 1.807) is 12.3 Å². The van der Waals surface area contributed by atoms with Gasteiger partial charge in [-0.05, 0) is 35.9 Å². The molecule has 0 fully saturated rings. The average Bonchev–Trinajstić information content (AvgIpc) is 3.34. The molecule has 1 aliphatic heterocycles. The molecule has 0 spiro atoms. The lowest BCUT2D eigenvalue weighted by Crippen LogP contribution is -2.38. The number of halogens is 3. The van der Waals surface area contributed by atoms with Gasteiger partial charge in [0.2, 0.25) is 5.88 Å². The first-order valence-electron chi connectivity index (χ1n) is 10.2. The molecule has 3 heterocycles. The van der Waals surface area contributed by atoms with Crippen LogP contribution in [-0.4, -0.2) is 36.5 Å². The van der Waals surface area contributed by atoms with Crippen LogP contribution in [-0.2, 0) is 16.2 Å². The molecular weight excluding hydrogens is 469 g/mol.